The zero-order valence-electron chi connectivity index (χ0n) is 16.7. The van der Waals surface area contributed by atoms with Gasteiger partial charge in [-0.05, 0) is 63.8 Å². The highest BCUT2D eigenvalue weighted by atomic mass is 32.2. The molecule has 0 spiro atoms. The zero-order valence-corrected chi connectivity index (χ0v) is 17.5. The van der Waals surface area contributed by atoms with Crippen molar-refractivity contribution in [3.63, 3.8) is 0 Å². The minimum Gasteiger partial charge on any atom is -0.394 e. The molecule has 1 saturated carbocycles. The maximum atomic E-state index is 9.03. The molecule has 1 aromatic carbocycles. The summed E-state index contributed by atoms with van der Waals surface area (Å²) < 4.78 is 3.41. The van der Waals surface area contributed by atoms with Gasteiger partial charge in [0, 0.05) is 27.7 Å². The van der Waals surface area contributed by atoms with Gasteiger partial charge in [-0.25, -0.2) is 11.0 Å². The van der Waals surface area contributed by atoms with E-state index in [0.717, 1.165) is 16.1 Å². The number of nitrogens with two attached hydrogens (primary N) is 2. The van der Waals surface area contributed by atoms with Gasteiger partial charge in [-0.3, -0.25) is 4.72 Å². The van der Waals surface area contributed by atoms with Crippen molar-refractivity contribution in [3.8, 4) is 0 Å². The Morgan fingerprint density at radius 2 is 2.00 bits per heavy atom. The topological polar surface area (TPSA) is 112 Å². The molecule has 0 unspecified atom stereocenters. The molecular formula is C19H34N6OS. The van der Waals surface area contributed by atoms with Gasteiger partial charge in [-0.2, -0.15) is 0 Å². The van der Waals surface area contributed by atoms with Gasteiger partial charge in [0.15, 0.2) is 5.84 Å². The van der Waals surface area contributed by atoms with E-state index < -0.39 is 0 Å². The van der Waals surface area contributed by atoms with Crippen LogP contribution in [0, 0.1) is 0 Å². The van der Waals surface area contributed by atoms with Crippen LogP contribution >= 0.6 is 11.9 Å². The molecule has 27 heavy (non-hydrogen) atoms. The fourth-order valence-corrected chi connectivity index (χ4v) is 3.69. The number of anilines is 1. The Balaban J connectivity index is 2.24. The summed E-state index contributed by atoms with van der Waals surface area (Å²) in [4.78, 5) is 1.05. The van der Waals surface area contributed by atoms with Crippen LogP contribution in [0.5, 0.6) is 0 Å². The van der Waals surface area contributed by atoms with E-state index in [1.165, 1.54) is 37.2 Å². The summed E-state index contributed by atoms with van der Waals surface area (Å²) in [6.07, 6.45) is 6.17. The molecular weight excluding hydrogens is 360 g/mol. The maximum absolute atomic E-state index is 9.03. The van der Waals surface area contributed by atoms with Crippen LogP contribution in [0.1, 0.15) is 58.4 Å². The van der Waals surface area contributed by atoms with Crippen molar-refractivity contribution in [2.45, 2.75) is 69.4 Å². The number of amidine groups is 1. The van der Waals surface area contributed by atoms with Crippen molar-refractivity contribution < 1.29 is 5.11 Å². The Morgan fingerprint density at radius 3 is 2.63 bits per heavy atom. The smallest absolute Gasteiger partial charge is 0.154 e. The molecule has 1 fully saturated rings. The van der Waals surface area contributed by atoms with Crippen molar-refractivity contribution in [3.05, 3.63) is 23.8 Å². The van der Waals surface area contributed by atoms with Gasteiger partial charge in [0.1, 0.15) is 0 Å². The third-order valence-corrected chi connectivity index (χ3v) is 5.48. The van der Waals surface area contributed by atoms with Gasteiger partial charge in [0.05, 0.1) is 13.2 Å². The Kier molecular flexibility index (Phi) is 8.22. The second-order valence-electron chi connectivity index (χ2n) is 8.01. The van der Waals surface area contributed by atoms with Crippen LogP contribution in [0.2, 0.25) is 0 Å². The molecule has 7 nitrogen and oxygen atoms in total. The van der Waals surface area contributed by atoms with Gasteiger partial charge in [0.25, 0.3) is 0 Å². The molecule has 8 heteroatoms. The molecule has 152 valence electrons. The van der Waals surface area contributed by atoms with E-state index in [9.17, 15) is 0 Å². The van der Waals surface area contributed by atoms with Crippen LogP contribution in [0.15, 0.2) is 28.2 Å². The summed E-state index contributed by atoms with van der Waals surface area (Å²) in [6, 6.07) is 6.63. The number of hydrazone groups is 1. The van der Waals surface area contributed by atoms with Crippen molar-refractivity contribution in [1.29, 1.82) is 0 Å². The molecule has 0 aliphatic heterocycles. The number of nitrogens with zero attached hydrogens (tertiary/aromatic N) is 2. The molecule has 1 aromatic rings. The molecule has 0 radical (unpaired) electrons. The number of nitrogens with one attached hydrogen (secondary N) is 2. The van der Waals surface area contributed by atoms with Crippen LogP contribution in [0.4, 0.5) is 5.69 Å². The summed E-state index contributed by atoms with van der Waals surface area (Å²) in [7, 11) is 0. The largest absolute Gasteiger partial charge is 0.394 e. The lowest BCUT2D eigenvalue weighted by molar-refractivity contribution is 0.204. The van der Waals surface area contributed by atoms with Gasteiger partial charge in [0.2, 0.25) is 0 Å². The Labute approximate surface area is 167 Å². The molecule has 7 N–H and O–H groups in total. The SMILES string of the molecule is CC(C)(C)NSc1ccc(NC2CCCCC2)c(/C(N)=N/N(N)CCO)c1. The predicted octanol–water partition coefficient (Wildman–Crippen LogP) is 2.61. The lowest BCUT2D eigenvalue weighted by Gasteiger charge is -2.26. The second kappa shape index (κ2) is 10.2. The monoisotopic (exact) mass is 394 g/mol. The number of benzene rings is 1. The molecule has 0 amide bonds. The number of rotatable bonds is 8. The van der Waals surface area contributed by atoms with Crippen LogP contribution in [-0.2, 0) is 0 Å². The first-order valence-corrected chi connectivity index (χ1v) is 10.4. The molecule has 0 bridgehead atoms. The minimum absolute atomic E-state index is 0.00132. The summed E-state index contributed by atoms with van der Waals surface area (Å²) in [5.41, 5.74) is 8.06. The van der Waals surface area contributed by atoms with Gasteiger partial charge in [-0.1, -0.05) is 19.3 Å². The van der Waals surface area contributed by atoms with Gasteiger partial charge >= 0.3 is 0 Å². The standard InChI is InChI=1S/C19H34N6OS/c1-19(2,3)24-27-15-9-10-17(22-14-7-5-4-6-8-14)16(13-15)18(20)23-25(21)11-12-26/h9-10,13-14,22,24,26H,4-8,11-12,21H2,1-3H3,(H2,20,23). The number of hydrogen-bond donors (Lipinski definition) is 5. The Bertz CT molecular complexity index is 625. The van der Waals surface area contributed by atoms with E-state index >= 15 is 0 Å². The van der Waals surface area contributed by atoms with E-state index in [1.807, 2.05) is 6.07 Å². The quantitative estimate of drug-likeness (QED) is 0.151. The number of aliphatic hydroxyl groups excluding tert-OH is 1. The normalized spacial score (nSPS) is 16.4. The van der Waals surface area contributed by atoms with Crippen LogP contribution in [0.3, 0.4) is 0 Å². The average Bonchev–Trinajstić information content (AvgIpc) is 2.61. The van der Waals surface area contributed by atoms with E-state index in [-0.39, 0.29) is 18.7 Å². The fourth-order valence-electron chi connectivity index (χ4n) is 2.95. The minimum atomic E-state index is -0.0775. The van der Waals surface area contributed by atoms with Crippen molar-refractivity contribution in [2.75, 3.05) is 18.5 Å². The molecule has 1 aliphatic rings. The maximum Gasteiger partial charge on any atom is 0.154 e. The predicted molar refractivity (Wildman–Crippen MR) is 114 cm³/mol. The fraction of sp³-hybridized carbons (Fsp3) is 0.632. The average molecular weight is 395 g/mol. The lowest BCUT2D eigenvalue weighted by atomic mass is 9.95. The van der Waals surface area contributed by atoms with E-state index in [2.05, 4.69) is 48.0 Å². The molecule has 2 rings (SSSR count). The van der Waals surface area contributed by atoms with E-state index in [4.69, 9.17) is 16.7 Å². The summed E-state index contributed by atoms with van der Waals surface area (Å²) in [5.74, 6) is 6.11. The number of aliphatic hydroxyl groups is 1. The van der Waals surface area contributed by atoms with Crippen LogP contribution < -0.4 is 21.6 Å². The highest BCUT2D eigenvalue weighted by molar-refractivity contribution is 7.97. The van der Waals surface area contributed by atoms with E-state index in [1.54, 1.807) is 11.9 Å². The number of hydrazine groups is 1. The Morgan fingerprint density at radius 1 is 1.30 bits per heavy atom. The van der Waals surface area contributed by atoms with Gasteiger partial charge in [-0.15, -0.1) is 5.10 Å². The third kappa shape index (κ3) is 7.57. The second-order valence-corrected chi connectivity index (χ2v) is 8.89. The first-order valence-electron chi connectivity index (χ1n) is 9.60. The molecule has 1 aliphatic carbocycles. The molecule has 0 saturated heterocycles. The van der Waals surface area contributed by atoms with Gasteiger partial charge < -0.3 is 16.2 Å². The third-order valence-electron chi connectivity index (χ3n) is 4.27. The highest BCUT2D eigenvalue weighted by Gasteiger charge is 2.17. The zero-order chi connectivity index (χ0) is 19.9. The Hall–Kier alpha value is -1.48. The molecule has 0 heterocycles. The van der Waals surface area contributed by atoms with Crippen LogP contribution in [0.25, 0.3) is 0 Å². The summed E-state index contributed by atoms with van der Waals surface area (Å²) in [5, 5.41) is 18.1. The summed E-state index contributed by atoms with van der Waals surface area (Å²) in [6.45, 7) is 6.52. The highest BCUT2D eigenvalue weighted by Crippen LogP contribution is 2.28. The first kappa shape index (κ1) is 21.8. The van der Waals surface area contributed by atoms with Crippen molar-refractivity contribution in [2.24, 2.45) is 16.7 Å². The lowest BCUT2D eigenvalue weighted by Crippen LogP contribution is -2.32. The summed E-state index contributed by atoms with van der Waals surface area (Å²) >= 11 is 1.57. The molecule has 0 atom stereocenters. The molecule has 0 aromatic heterocycles. The number of hydrogen-bond acceptors (Lipinski definition) is 7. The van der Waals surface area contributed by atoms with Crippen molar-refractivity contribution in [1.82, 2.24) is 9.84 Å². The van der Waals surface area contributed by atoms with Crippen LogP contribution in [-0.4, -0.2) is 40.8 Å². The van der Waals surface area contributed by atoms with E-state index in [0.29, 0.717) is 11.9 Å². The van der Waals surface area contributed by atoms with Crippen molar-refractivity contribution >= 4 is 23.5 Å². The first-order chi connectivity index (χ1) is 12.8.